The Morgan fingerprint density at radius 2 is 1.85 bits per heavy atom. The Balaban J connectivity index is 2.43. The Bertz CT molecular complexity index is 627. The summed E-state index contributed by atoms with van der Waals surface area (Å²) in [6.45, 7) is 6.32. The summed E-state index contributed by atoms with van der Waals surface area (Å²) >= 11 is 0. The van der Waals surface area contributed by atoms with E-state index in [0.29, 0.717) is 11.5 Å². The summed E-state index contributed by atoms with van der Waals surface area (Å²) in [4.78, 5) is 11.1. The number of aromatic carboxylic acids is 1. The molecular weight excluding hydrogens is 248 g/mol. The van der Waals surface area contributed by atoms with Crippen LogP contribution in [0.25, 0.3) is 11.1 Å². The first-order valence-electron chi connectivity index (χ1n) is 6.90. The molecule has 0 unspecified atom stereocenters. The first-order chi connectivity index (χ1) is 9.45. The third-order valence-electron chi connectivity index (χ3n) is 3.23. The topological polar surface area (TPSA) is 37.3 Å². The molecule has 2 nitrogen and oxygen atoms in total. The average Bonchev–Trinajstić information content (AvgIpc) is 2.37. The van der Waals surface area contributed by atoms with E-state index in [9.17, 15) is 4.79 Å². The maximum Gasteiger partial charge on any atom is 0.335 e. The van der Waals surface area contributed by atoms with Crippen molar-refractivity contribution in [1.29, 1.82) is 0 Å². The van der Waals surface area contributed by atoms with Crippen LogP contribution in [-0.4, -0.2) is 11.1 Å². The van der Waals surface area contributed by atoms with Crippen LogP contribution in [0.5, 0.6) is 0 Å². The zero-order valence-corrected chi connectivity index (χ0v) is 12.2. The highest BCUT2D eigenvalue weighted by Gasteiger charge is 2.07. The molecule has 0 aliphatic carbocycles. The highest BCUT2D eigenvalue weighted by Crippen LogP contribution is 2.24. The molecule has 0 radical (unpaired) electrons. The van der Waals surface area contributed by atoms with Gasteiger partial charge in [0.15, 0.2) is 0 Å². The van der Waals surface area contributed by atoms with Crippen LogP contribution in [0.2, 0.25) is 0 Å². The summed E-state index contributed by atoms with van der Waals surface area (Å²) in [5, 5.41) is 9.15. The maximum atomic E-state index is 11.1. The number of hydrogen-bond acceptors (Lipinski definition) is 1. The molecule has 0 atom stereocenters. The molecular formula is C18H20O2. The van der Waals surface area contributed by atoms with Gasteiger partial charge >= 0.3 is 5.97 Å². The van der Waals surface area contributed by atoms with Gasteiger partial charge < -0.3 is 5.11 Å². The fourth-order valence-electron chi connectivity index (χ4n) is 2.42. The Kier molecular flexibility index (Phi) is 4.23. The van der Waals surface area contributed by atoms with Gasteiger partial charge in [-0.15, -0.1) is 0 Å². The molecule has 0 fully saturated rings. The predicted molar refractivity (Wildman–Crippen MR) is 82.1 cm³/mol. The number of hydrogen-bond donors (Lipinski definition) is 1. The van der Waals surface area contributed by atoms with E-state index in [4.69, 9.17) is 5.11 Å². The van der Waals surface area contributed by atoms with Crippen molar-refractivity contribution in [2.75, 3.05) is 0 Å². The lowest BCUT2D eigenvalue weighted by molar-refractivity contribution is 0.0697. The van der Waals surface area contributed by atoms with Gasteiger partial charge in [0.2, 0.25) is 0 Å². The number of carboxylic acid groups (broad SMARTS) is 1. The molecule has 1 N–H and O–H groups in total. The van der Waals surface area contributed by atoms with Crippen LogP contribution >= 0.6 is 0 Å². The normalized spacial score (nSPS) is 10.8. The van der Waals surface area contributed by atoms with Crippen LogP contribution < -0.4 is 0 Å². The van der Waals surface area contributed by atoms with Crippen LogP contribution in [0.3, 0.4) is 0 Å². The van der Waals surface area contributed by atoms with E-state index < -0.39 is 5.97 Å². The summed E-state index contributed by atoms with van der Waals surface area (Å²) in [5.74, 6) is -0.273. The Morgan fingerprint density at radius 3 is 2.50 bits per heavy atom. The van der Waals surface area contributed by atoms with Gasteiger partial charge in [0, 0.05) is 0 Å². The lowest BCUT2D eigenvalue weighted by Crippen LogP contribution is -1.98. The zero-order chi connectivity index (χ0) is 14.7. The number of benzene rings is 2. The summed E-state index contributed by atoms with van der Waals surface area (Å²) in [6.07, 6.45) is 1.03. The standard InChI is InChI=1S/C18H20O2/c1-12(2)7-14-5-4-6-15(10-14)16-8-13(3)9-17(11-16)18(19)20/h4-6,8-12H,7H2,1-3H3,(H,19,20). The molecule has 2 aromatic carbocycles. The summed E-state index contributed by atoms with van der Waals surface area (Å²) < 4.78 is 0. The van der Waals surface area contributed by atoms with Crippen LogP contribution in [0.1, 0.15) is 35.3 Å². The van der Waals surface area contributed by atoms with Gasteiger partial charge in [0.1, 0.15) is 0 Å². The maximum absolute atomic E-state index is 11.1. The van der Waals surface area contributed by atoms with Crippen molar-refractivity contribution in [3.8, 4) is 11.1 Å². The molecule has 0 saturated heterocycles. The third kappa shape index (κ3) is 3.47. The van der Waals surface area contributed by atoms with E-state index in [-0.39, 0.29) is 0 Å². The zero-order valence-electron chi connectivity index (χ0n) is 12.2. The second-order valence-corrected chi connectivity index (χ2v) is 5.69. The second kappa shape index (κ2) is 5.91. The summed E-state index contributed by atoms with van der Waals surface area (Å²) in [6, 6.07) is 13.8. The highest BCUT2D eigenvalue weighted by atomic mass is 16.4. The van der Waals surface area contributed by atoms with E-state index in [1.807, 2.05) is 25.1 Å². The highest BCUT2D eigenvalue weighted by molar-refractivity contribution is 5.89. The van der Waals surface area contributed by atoms with Crippen LogP contribution in [0.4, 0.5) is 0 Å². The van der Waals surface area contributed by atoms with Crippen LogP contribution in [0, 0.1) is 12.8 Å². The molecule has 0 aliphatic rings. The fourth-order valence-corrected chi connectivity index (χ4v) is 2.42. The molecule has 0 saturated carbocycles. The lowest BCUT2D eigenvalue weighted by Gasteiger charge is -2.09. The minimum Gasteiger partial charge on any atom is -0.478 e. The Hall–Kier alpha value is -2.09. The van der Waals surface area contributed by atoms with Gasteiger partial charge in [-0.2, -0.15) is 0 Å². The van der Waals surface area contributed by atoms with E-state index in [2.05, 4.69) is 26.0 Å². The monoisotopic (exact) mass is 268 g/mol. The molecule has 2 aromatic rings. The van der Waals surface area contributed by atoms with Crippen molar-refractivity contribution in [1.82, 2.24) is 0 Å². The van der Waals surface area contributed by atoms with Crippen molar-refractivity contribution in [2.24, 2.45) is 5.92 Å². The number of carbonyl (C=O) groups is 1. The van der Waals surface area contributed by atoms with E-state index in [1.54, 1.807) is 12.1 Å². The number of rotatable bonds is 4. The summed E-state index contributed by atoms with van der Waals surface area (Å²) in [5.41, 5.74) is 4.64. The first-order valence-corrected chi connectivity index (χ1v) is 6.90. The number of carboxylic acids is 1. The van der Waals surface area contributed by atoms with Crippen LogP contribution in [0.15, 0.2) is 42.5 Å². The largest absolute Gasteiger partial charge is 0.478 e. The van der Waals surface area contributed by atoms with E-state index in [0.717, 1.165) is 23.1 Å². The minimum absolute atomic E-state index is 0.342. The van der Waals surface area contributed by atoms with Gasteiger partial charge in [-0.25, -0.2) is 4.79 Å². The van der Waals surface area contributed by atoms with Crippen molar-refractivity contribution in [3.05, 3.63) is 59.2 Å². The average molecular weight is 268 g/mol. The predicted octanol–water partition coefficient (Wildman–Crippen LogP) is 4.56. The molecule has 20 heavy (non-hydrogen) atoms. The van der Waals surface area contributed by atoms with E-state index in [1.165, 1.54) is 5.56 Å². The fraction of sp³-hybridized carbons (Fsp3) is 0.278. The van der Waals surface area contributed by atoms with E-state index >= 15 is 0 Å². The summed E-state index contributed by atoms with van der Waals surface area (Å²) in [7, 11) is 0. The Morgan fingerprint density at radius 1 is 1.10 bits per heavy atom. The van der Waals surface area contributed by atoms with Gasteiger partial charge in [-0.05, 0) is 53.6 Å². The van der Waals surface area contributed by atoms with Crippen molar-refractivity contribution < 1.29 is 9.90 Å². The van der Waals surface area contributed by atoms with Crippen molar-refractivity contribution in [2.45, 2.75) is 27.2 Å². The molecule has 0 aromatic heterocycles. The molecule has 104 valence electrons. The minimum atomic E-state index is -0.881. The van der Waals surface area contributed by atoms with Crippen molar-refractivity contribution >= 4 is 5.97 Å². The van der Waals surface area contributed by atoms with Crippen LogP contribution in [-0.2, 0) is 6.42 Å². The van der Waals surface area contributed by atoms with Gasteiger partial charge in [-0.1, -0.05) is 44.2 Å². The molecule has 0 heterocycles. The molecule has 2 heteroatoms. The third-order valence-corrected chi connectivity index (χ3v) is 3.23. The number of aryl methyl sites for hydroxylation is 1. The van der Waals surface area contributed by atoms with Gasteiger partial charge in [-0.3, -0.25) is 0 Å². The molecule has 0 amide bonds. The smallest absolute Gasteiger partial charge is 0.335 e. The first kappa shape index (κ1) is 14.3. The molecule has 0 aliphatic heterocycles. The molecule has 0 spiro atoms. The SMILES string of the molecule is Cc1cc(C(=O)O)cc(-c2cccc(CC(C)C)c2)c1. The lowest BCUT2D eigenvalue weighted by atomic mass is 9.96. The van der Waals surface area contributed by atoms with Crippen molar-refractivity contribution in [3.63, 3.8) is 0 Å². The van der Waals surface area contributed by atoms with Gasteiger partial charge in [0.25, 0.3) is 0 Å². The molecule has 0 bridgehead atoms. The Labute approximate surface area is 120 Å². The molecule has 2 rings (SSSR count). The van der Waals surface area contributed by atoms with Gasteiger partial charge in [0.05, 0.1) is 5.56 Å². The quantitative estimate of drug-likeness (QED) is 0.882. The second-order valence-electron chi connectivity index (χ2n) is 5.69.